The van der Waals surface area contributed by atoms with E-state index in [9.17, 15) is 9.18 Å². The number of carbonyl (C=O) groups excluding carboxylic acids is 1. The monoisotopic (exact) mass is 481 g/mol. The summed E-state index contributed by atoms with van der Waals surface area (Å²) in [6.45, 7) is 0. The van der Waals surface area contributed by atoms with E-state index in [1.807, 2.05) is 23.1 Å². The highest BCUT2D eigenvalue weighted by Crippen LogP contribution is 2.42. The van der Waals surface area contributed by atoms with Gasteiger partial charge in [0.25, 0.3) is 5.91 Å². The van der Waals surface area contributed by atoms with Gasteiger partial charge in [-0.3, -0.25) is 9.69 Å². The highest BCUT2D eigenvalue weighted by Gasteiger charge is 2.43. The summed E-state index contributed by atoms with van der Waals surface area (Å²) >= 11 is 1.49. The fourth-order valence-electron chi connectivity index (χ4n) is 5.02. The first-order valence-electron chi connectivity index (χ1n) is 11.7. The van der Waals surface area contributed by atoms with Gasteiger partial charge in [0.2, 0.25) is 0 Å². The van der Waals surface area contributed by atoms with E-state index >= 15 is 0 Å². The van der Waals surface area contributed by atoms with Crippen molar-refractivity contribution in [3.63, 3.8) is 0 Å². The number of halogens is 1. The largest absolute Gasteiger partial charge is 0.493 e. The average Bonchev–Trinajstić information content (AvgIpc) is 3.18. The lowest BCUT2D eigenvalue weighted by molar-refractivity contribution is -0.120. The number of benzene rings is 2. The van der Waals surface area contributed by atoms with E-state index in [-0.39, 0.29) is 17.8 Å². The number of hydrogen-bond donors (Lipinski definition) is 0. The van der Waals surface area contributed by atoms with Crippen LogP contribution in [0.4, 0.5) is 10.1 Å². The number of hydrogen-bond acceptors (Lipinski definition) is 6. The Bertz CT molecular complexity index is 1160. The van der Waals surface area contributed by atoms with Gasteiger partial charge in [-0.2, -0.15) is 4.99 Å². The summed E-state index contributed by atoms with van der Waals surface area (Å²) in [6.07, 6.45) is 6.78. The van der Waals surface area contributed by atoms with Crippen molar-refractivity contribution in [3.05, 3.63) is 53.3 Å². The molecule has 2 aromatic rings. The Morgan fingerprint density at radius 1 is 1.06 bits per heavy atom. The molecule has 5 rings (SSSR count). The van der Waals surface area contributed by atoms with Crippen LogP contribution in [-0.2, 0) is 10.5 Å². The summed E-state index contributed by atoms with van der Waals surface area (Å²) in [6, 6.07) is 9.86. The Kier molecular flexibility index (Phi) is 6.59. The zero-order valence-corrected chi connectivity index (χ0v) is 20.2. The van der Waals surface area contributed by atoms with Crippen molar-refractivity contribution in [2.45, 2.75) is 50.3 Å². The van der Waals surface area contributed by atoms with E-state index in [1.54, 1.807) is 20.3 Å². The highest BCUT2D eigenvalue weighted by atomic mass is 32.2. The second-order valence-corrected chi connectivity index (χ2v) is 9.88. The number of rotatable bonds is 6. The zero-order valence-electron chi connectivity index (χ0n) is 19.4. The standard InChI is InChI=1S/C26H28FN3O3S/c1-32-22-13-19-20(14-23(22)33-2)28-26(34-15-17-9-6-10-18(27)11-17)30-21(25(31)29-24(19)30)12-16-7-4-3-5-8-16/h6,9-11,13-14,16,21H,3-5,7-8,12,15H2,1-2H3. The maximum atomic E-state index is 13.7. The summed E-state index contributed by atoms with van der Waals surface area (Å²) in [5.41, 5.74) is 2.30. The van der Waals surface area contributed by atoms with Crippen LogP contribution in [-0.4, -0.2) is 42.1 Å². The number of carbonyl (C=O) groups is 1. The minimum Gasteiger partial charge on any atom is -0.493 e. The Balaban J connectivity index is 1.51. The molecule has 6 nitrogen and oxygen atoms in total. The molecule has 0 spiro atoms. The summed E-state index contributed by atoms with van der Waals surface area (Å²) in [4.78, 5) is 24.6. The third-order valence-corrected chi connectivity index (χ3v) is 7.77. The molecule has 1 saturated carbocycles. The molecular formula is C26H28FN3O3S. The number of amidine groups is 2. The normalized spacial score (nSPS) is 19.9. The van der Waals surface area contributed by atoms with Gasteiger partial charge in [0, 0.05) is 17.4 Å². The molecule has 2 aromatic carbocycles. The van der Waals surface area contributed by atoms with Crippen LogP contribution < -0.4 is 9.47 Å². The van der Waals surface area contributed by atoms with Crippen LogP contribution in [0.1, 0.15) is 49.7 Å². The number of aliphatic imine (C=N–C) groups is 2. The van der Waals surface area contributed by atoms with Gasteiger partial charge in [-0.05, 0) is 36.1 Å². The summed E-state index contributed by atoms with van der Waals surface area (Å²) < 4.78 is 24.7. The van der Waals surface area contributed by atoms with E-state index < -0.39 is 0 Å². The Hall–Kier alpha value is -2.87. The third kappa shape index (κ3) is 4.43. The predicted molar refractivity (Wildman–Crippen MR) is 133 cm³/mol. The van der Waals surface area contributed by atoms with Crippen LogP contribution in [0.5, 0.6) is 11.5 Å². The number of thioether (sulfide) groups is 1. The molecule has 1 unspecified atom stereocenters. The first kappa shape index (κ1) is 22.9. The molecule has 3 aliphatic rings. The van der Waals surface area contributed by atoms with Gasteiger partial charge in [-0.15, -0.1) is 0 Å². The second kappa shape index (κ2) is 9.78. The number of ether oxygens (including phenoxy) is 2. The quantitative estimate of drug-likeness (QED) is 0.529. The molecular weight excluding hydrogens is 453 g/mol. The van der Waals surface area contributed by atoms with Crippen LogP contribution in [0.25, 0.3) is 0 Å². The topological polar surface area (TPSA) is 63.5 Å². The van der Waals surface area contributed by atoms with Gasteiger partial charge in [-0.25, -0.2) is 9.38 Å². The van der Waals surface area contributed by atoms with Gasteiger partial charge in [-0.1, -0.05) is 56.0 Å². The fourth-order valence-corrected chi connectivity index (χ4v) is 6.01. The van der Waals surface area contributed by atoms with E-state index in [0.717, 1.165) is 30.4 Å². The lowest BCUT2D eigenvalue weighted by atomic mass is 9.84. The fraction of sp³-hybridized carbons (Fsp3) is 0.423. The van der Waals surface area contributed by atoms with Crippen LogP contribution >= 0.6 is 11.8 Å². The molecule has 0 N–H and O–H groups in total. The van der Waals surface area contributed by atoms with Crippen molar-refractivity contribution in [3.8, 4) is 11.5 Å². The molecule has 178 valence electrons. The van der Waals surface area contributed by atoms with Crippen LogP contribution in [0, 0.1) is 11.7 Å². The Morgan fingerprint density at radius 2 is 1.82 bits per heavy atom. The van der Waals surface area contributed by atoms with E-state index in [4.69, 9.17) is 14.5 Å². The number of nitrogens with zero attached hydrogens (tertiary/aromatic N) is 3. The van der Waals surface area contributed by atoms with E-state index in [0.29, 0.717) is 39.9 Å². The first-order valence-corrected chi connectivity index (χ1v) is 12.7. The van der Waals surface area contributed by atoms with Gasteiger partial charge >= 0.3 is 0 Å². The van der Waals surface area contributed by atoms with Crippen molar-refractivity contribution in [2.75, 3.05) is 14.2 Å². The lowest BCUT2D eigenvalue weighted by Gasteiger charge is -2.33. The Labute approximate surface area is 203 Å². The Morgan fingerprint density at radius 3 is 2.56 bits per heavy atom. The molecule has 8 heteroatoms. The maximum absolute atomic E-state index is 13.7. The molecule has 2 heterocycles. The van der Waals surface area contributed by atoms with Gasteiger partial charge in [0.05, 0.1) is 19.9 Å². The molecule has 0 aromatic heterocycles. The average molecular weight is 482 g/mol. The number of amides is 1. The van der Waals surface area contributed by atoms with Gasteiger partial charge in [0.15, 0.2) is 16.7 Å². The summed E-state index contributed by atoms with van der Waals surface area (Å²) in [5, 5.41) is 0.703. The van der Waals surface area contributed by atoms with E-state index in [1.165, 1.54) is 43.2 Å². The molecule has 1 amide bonds. The minimum absolute atomic E-state index is 0.123. The SMILES string of the molecule is COc1cc2c(cc1OC)C1=NC(=O)C(CC3CCCCC3)N1C(SCc1cccc(F)c1)=N2. The minimum atomic E-state index is -0.363. The molecule has 0 saturated heterocycles. The predicted octanol–water partition coefficient (Wildman–Crippen LogP) is 5.71. The smallest absolute Gasteiger partial charge is 0.270 e. The number of fused-ring (bicyclic) bond motifs is 3. The van der Waals surface area contributed by atoms with Crippen molar-refractivity contribution < 1.29 is 18.7 Å². The third-order valence-electron chi connectivity index (χ3n) is 6.74. The second-order valence-electron chi connectivity index (χ2n) is 8.94. The summed E-state index contributed by atoms with van der Waals surface area (Å²) in [7, 11) is 3.17. The molecule has 0 bridgehead atoms. The lowest BCUT2D eigenvalue weighted by Crippen LogP contribution is -2.44. The van der Waals surface area contributed by atoms with Crippen LogP contribution in [0.3, 0.4) is 0 Å². The van der Waals surface area contributed by atoms with Crippen LogP contribution in [0.15, 0.2) is 46.4 Å². The van der Waals surface area contributed by atoms with Crippen molar-refractivity contribution in [2.24, 2.45) is 15.9 Å². The van der Waals surface area contributed by atoms with Crippen molar-refractivity contribution in [1.82, 2.24) is 4.90 Å². The van der Waals surface area contributed by atoms with Crippen molar-refractivity contribution >= 4 is 34.4 Å². The van der Waals surface area contributed by atoms with Gasteiger partial charge < -0.3 is 9.47 Å². The number of methoxy groups -OCH3 is 2. The maximum Gasteiger partial charge on any atom is 0.270 e. The molecule has 1 aliphatic carbocycles. The van der Waals surface area contributed by atoms with E-state index in [2.05, 4.69) is 4.99 Å². The molecule has 1 fully saturated rings. The van der Waals surface area contributed by atoms with Crippen LogP contribution in [0.2, 0.25) is 0 Å². The van der Waals surface area contributed by atoms with Crippen molar-refractivity contribution in [1.29, 1.82) is 0 Å². The zero-order chi connectivity index (χ0) is 23.7. The molecule has 0 radical (unpaired) electrons. The molecule has 1 atom stereocenters. The highest BCUT2D eigenvalue weighted by molar-refractivity contribution is 8.13. The first-order chi connectivity index (χ1) is 16.6. The molecule has 2 aliphatic heterocycles. The summed E-state index contributed by atoms with van der Waals surface area (Å²) in [5.74, 6) is 2.40. The molecule has 34 heavy (non-hydrogen) atoms. The van der Waals surface area contributed by atoms with Gasteiger partial charge in [0.1, 0.15) is 17.7 Å².